The Morgan fingerprint density at radius 1 is 1.67 bits per heavy atom. The lowest BCUT2D eigenvalue weighted by atomic mass is 10.1. The van der Waals surface area contributed by atoms with Gasteiger partial charge in [0.2, 0.25) is 0 Å². The van der Waals surface area contributed by atoms with Gasteiger partial charge in [0.1, 0.15) is 0 Å². The van der Waals surface area contributed by atoms with Crippen LogP contribution in [0.3, 0.4) is 0 Å². The Morgan fingerprint density at radius 2 is 2.50 bits per heavy atom. The van der Waals surface area contributed by atoms with Crippen molar-refractivity contribution in [3.8, 4) is 0 Å². The molecular weight excluding hydrogens is 166 g/mol. The summed E-state index contributed by atoms with van der Waals surface area (Å²) in [5, 5.41) is 7.99. The summed E-state index contributed by atoms with van der Waals surface area (Å²) in [4.78, 5) is 0. The molecule has 0 saturated heterocycles. The SMILES string of the molecule is CCNC(c1ccsc1)C1CC1. The van der Waals surface area contributed by atoms with Crippen molar-refractivity contribution in [2.45, 2.75) is 25.8 Å². The molecule has 1 saturated carbocycles. The molecule has 12 heavy (non-hydrogen) atoms. The van der Waals surface area contributed by atoms with Gasteiger partial charge in [-0.1, -0.05) is 6.92 Å². The van der Waals surface area contributed by atoms with Gasteiger partial charge in [0.05, 0.1) is 0 Å². The summed E-state index contributed by atoms with van der Waals surface area (Å²) >= 11 is 1.80. The summed E-state index contributed by atoms with van der Waals surface area (Å²) < 4.78 is 0. The minimum Gasteiger partial charge on any atom is -0.310 e. The normalized spacial score (nSPS) is 19.4. The first-order chi connectivity index (χ1) is 5.92. The first kappa shape index (κ1) is 8.27. The minimum absolute atomic E-state index is 0.640. The molecule has 1 N–H and O–H groups in total. The zero-order chi connectivity index (χ0) is 8.39. The molecule has 0 aliphatic heterocycles. The first-order valence-electron chi connectivity index (χ1n) is 4.67. The van der Waals surface area contributed by atoms with Crippen LogP contribution in [-0.2, 0) is 0 Å². The molecule has 1 heterocycles. The summed E-state index contributed by atoms with van der Waals surface area (Å²) in [5.41, 5.74) is 1.49. The van der Waals surface area contributed by atoms with E-state index in [0.717, 1.165) is 12.5 Å². The van der Waals surface area contributed by atoms with Crippen LogP contribution in [0, 0.1) is 5.92 Å². The Balaban J connectivity index is 2.05. The van der Waals surface area contributed by atoms with Crippen LogP contribution < -0.4 is 5.32 Å². The zero-order valence-corrected chi connectivity index (χ0v) is 8.23. The number of nitrogens with one attached hydrogen (secondary N) is 1. The number of rotatable bonds is 4. The van der Waals surface area contributed by atoms with E-state index in [0.29, 0.717) is 6.04 Å². The summed E-state index contributed by atoms with van der Waals surface area (Å²) in [6.45, 7) is 3.26. The predicted octanol–water partition coefficient (Wildman–Crippen LogP) is 2.81. The lowest BCUT2D eigenvalue weighted by Crippen LogP contribution is -2.21. The van der Waals surface area contributed by atoms with Crippen molar-refractivity contribution in [3.05, 3.63) is 22.4 Å². The second-order valence-electron chi connectivity index (χ2n) is 3.43. The zero-order valence-electron chi connectivity index (χ0n) is 7.42. The maximum Gasteiger partial charge on any atom is 0.0356 e. The highest BCUT2D eigenvalue weighted by Crippen LogP contribution is 2.41. The lowest BCUT2D eigenvalue weighted by Gasteiger charge is -2.15. The summed E-state index contributed by atoms with van der Waals surface area (Å²) in [7, 11) is 0. The Morgan fingerprint density at radius 3 is 3.00 bits per heavy atom. The third kappa shape index (κ3) is 1.70. The van der Waals surface area contributed by atoms with Crippen molar-refractivity contribution in [1.82, 2.24) is 5.32 Å². The van der Waals surface area contributed by atoms with Gasteiger partial charge in [0.15, 0.2) is 0 Å². The van der Waals surface area contributed by atoms with Crippen molar-refractivity contribution >= 4 is 11.3 Å². The Kier molecular flexibility index (Phi) is 2.47. The van der Waals surface area contributed by atoms with Crippen molar-refractivity contribution in [2.75, 3.05) is 6.54 Å². The molecule has 0 bridgehead atoms. The first-order valence-corrected chi connectivity index (χ1v) is 5.61. The number of hydrogen-bond acceptors (Lipinski definition) is 2. The average molecular weight is 181 g/mol. The fourth-order valence-corrected chi connectivity index (χ4v) is 2.35. The largest absolute Gasteiger partial charge is 0.310 e. The van der Waals surface area contributed by atoms with Crippen LogP contribution in [0.5, 0.6) is 0 Å². The molecule has 66 valence electrons. The van der Waals surface area contributed by atoms with Gasteiger partial charge in [0.25, 0.3) is 0 Å². The predicted molar refractivity (Wildman–Crippen MR) is 53.5 cm³/mol. The monoisotopic (exact) mass is 181 g/mol. The third-order valence-electron chi connectivity index (χ3n) is 2.42. The second-order valence-corrected chi connectivity index (χ2v) is 4.21. The Labute approximate surface area is 77.8 Å². The molecule has 1 nitrogen and oxygen atoms in total. The van der Waals surface area contributed by atoms with Crippen LogP contribution >= 0.6 is 11.3 Å². The van der Waals surface area contributed by atoms with Crippen molar-refractivity contribution < 1.29 is 0 Å². The molecule has 1 aliphatic carbocycles. The molecule has 2 rings (SSSR count). The van der Waals surface area contributed by atoms with E-state index in [2.05, 4.69) is 29.1 Å². The lowest BCUT2D eigenvalue weighted by molar-refractivity contribution is 0.497. The van der Waals surface area contributed by atoms with Crippen molar-refractivity contribution in [1.29, 1.82) is 0 Å². The molecule has 0 aromatic carbocycles. The van der Waals surface area contributed by atoms with Crippen LogP contribution in [0.4, 0.5) is 0 Å². The summed E-state index contributed by atoms with van der Waals surface area (Å²) in [6.07, 6.45) is 2.82. The Hall–Kier alpha value is -0.340. The van der Waals surface area contributed by atoms with E-state index in [-0.39, 0.29) is 0 Å². The summed E-state index contributed by atoms with van der Waals surface area (Å²) in [5.74, 6) is 0.916. The van der Waals surface area contributed by atoms with Crippen molar-refractivity contribution in [3.63, 3.8) is 0 Å². The van der Waals surface area contributed by atoms with Crippen LogP contribution in [0.2, 0.25) is 0 Å². The van der Waals surface area contributed by atoms with E-state index in [1.165, 1.54) is 18.4 Å². The van der Waals surface area contributed by atoms with Crippen LogP contribution in [0.1, 0.15) is 31.4 Å². The highest BCUT2D eigenvalue weighted by Gasteiger charge is 2.31. The van der Waals surface area contributed by atoms with E-state index in [1.807, 2.05) is 0 Å². The fourth-order valence-electron chi connectivity index (χ4n) is 1.66. The highest BCUT2D eigenvalue weighted by atomic mass is 32.1. The maximum atomic E-state index is 3.55. The number of hydrogen-bond donors (Lipinski definition) is 1. The highest BCUT2D eigenvalue weighted by molar-refractivity contribution is 7.07. The maximum absolute atomic E-state index is 3.55. The molecule has 2 heteroatoms. The minimum atomic E-state index is 0.640. The molecule has 0 spiro atoms. The van der Waals surface area contributed by atoms with E-state index in [9.17, 15) is 0 Å². The van der Waals surface area contributed by atoms with Gasteiger partial charge >= 0.3 is 0 Å². The van der Waals surface area contributed by atoms with Crippen LogP contribution in [0.15, 0.2) is 16.8 Å². The van der Waals surface area contributed by atoms with Crippen molar-refractivity contribution in [2.24, 2.45) is 5.92 Å². The van der Waals surface area contributed by atoms with E-state index in [1.54, 1.807) is 11.3 Å². The topological polar surface area (TPSA) is 12.0 Å². The standard InChI is InChI=1S/C10H15NS/c1-2-11-10(8-3-4-8)9-5-6-12-7-9/h5-8,10-11H,2-4H2,1H3. The van der Waals surface area contributed by atoms with Gasteiger partial charge in [-0.15, -0.1) is 0 Å². The van der Waals surface area contributed by atoms with Crippen LogP contribution in [-0.4, -0.2) is 6.54 Å². The number of thiophene rings is 1. The van der Waals surface area contributed by atoms with Gasteiger partial charge in [-0.2, -0.15) is 11.3 Å². The van der Waals surface area contributed by atoms with Gasteiger partial charge < -0.3 is 5.32 Å². The molecule has 1 aromatic rings. The molecule has 0 radical (unpaired) electrons. The smallest absolute Gasteiger partial charge is 0.0356 e. The average Bonchev–Trinajstić information content (AvgIpc) is 2.77. The second kappa shape index (κ2) is 3.58. The van der Waals surface area contributed by atoms with Gasteiger partial charge in [-0.05, 0) is 47.7 Å². The van der Waals surface area contributed by atoms with Gasteiger partial charge in [-0.3, -0.25) is 0 Å². The van der Waals surface area contributed by atoms with E-state index >= 15 is 0 Å². The molecule has 0 amide bonds. The fraction of sp³-hybridized carbons (Fsp3) is 0.600. The molecule has 1 atom stereocenters. The molecule has 1 unspecified atom stereocenters. The quantitative estimate of drug-likeness (QED) is 0.753. The third-order valence-corrected chi connectivity index (χ3v) is 3.12. The molecule has 1 aromatic heterocycles. The summed E-state index contributed by atoms with van der Waals surface area (Å²) in [6, 6.07) is 2.89. The van der Waals surface area contributed by atoms with Crippen LogP contribution in [0.25, 0.3) is 0 Å². The molecular formula is C10H15NS. The van der Waals surface area contributed by atoms with Gasteiger partial charge in [0, 0.05) is 6.04 Å². The Bertz CT molecular complexity index is 226. The van der Waals surface area contributed by atoms with E-state index < -0.39 is 0 Å². The molecule has 1 aliphatic rings. The van der Waals surface area contributed by atoms with Gasteiger partial charge in [-0.25, -0.2) is 0 Å². The molecule has 1 fully saturated rings. The van der Waals surface area contributed by atoms with E-state index in [4.69, 9.17) is 0 Å².